The van der Waals surface area contributed by atoms with Crippen LogP contribution in [-0.2, 0) is 4.74 Å². The number of fused-ring (bicyclic) bond motifs is 8. The summed E-state index contributed by atoms with van der Waals surface area (Å²) in [6, 6.07) is 0. The van der Waals surface area contributed by atoms with Gasteiger partial charge in [-0.1, -0.05) is 32.1 Å². The molecule has 4 fully saturated rings. The van der Waals surface area contributed by atoms with E-state index in [2.05, 4.69) is 19.9 Å². The summed E-state index contributed by atoms with van der Waals surface area (Å²) in [5.74, 6) is 6.89. The molecule has 5 aliphatic rings. The van der Waals surface area contributed by atoms with Crippen LogP contribution in [0.5, 0.6) is 0 Å². The molecule has 0 radical (unpaired) electrons. The molecule has 0 aromatic heterocycles. The minimum absolute atomic E-state index is 0.437. The van der Waals surface area contributed by atoms with Gasteiger partial charge in [0.2, 0.25) is 0 Å². The lowest BCUT2D eigenvalue weighted by Gasteiger charge is -2.52. The van der Waals surface area contributed by atoms with Crippen LogP contribution in [0.4, 0.5) is 0 Å². The second-order valence-electron chi connectivity index (χ2n) is 9.17. The lowest BCUT2D eigenvalue weighted by atomic mass is 9.56. The number of rotatable bonds is 0. The van der Waals surface area contributed by atoms with Crippen LogP contribution < -0.4 is 0 Å². The summed E-state index contributed by atoms with van der Waals surface area (Å²) in [7, 11) is 0. The van der Waals surface area contributed by atoms with Gasteiger partial charge < -0.3 is 4.74 Å². The first-order chi connectivity index (χ1) is 11.2. The van der Waals surface area contributed by atoms with Crippen LogP contribution >= 0.6 is 0 Å². The van der Waals surface area contributed by atoms with E-state index in [-0.39, 0.29) is 0 Å². The van der Waals surface area contributed by atoms with Crippen molar-refractivity contribution in [2.24, 2.45) is 35.5 Å². The second-order valence-corrected chi connectivity index (χ2v) is 9.17. The van der Waals surface area contributed by atoms with Crippen molar-refractivity contribution in [3.63, 3.8) is 0 Å². The Kier molecular flexibility index (Phi) is 3.43. The van der Waals surface area contributed by atoms with Crippen LogP contribution in [0.25, 0.3) is 0 Å². The normalized spacial score (nSPS) is 48.6. The fourth-order valence-corrected chi connectivity index (χ4v) is 7.54. The van der Waals surface area contributed by atoms with Crippen LogP contribution in [0.3, 0.4) is 0 Å². The first-order valence-corrected chi connectivity index (χ1v) is 10.3. The minimum atomic E-state index is 0.437. The van der Waals surface area contributed by atoms with Gasteiger partial charge in [-0.25, -0.2) is 0 Å². The van der Waals surface area contributed by atoms with Crippen LogP contribution in [-0.4, -0.2) is 6.10 Å². The molecule has 0 saturated heterocycles. The summed E-state index contributed by atoms with van der Waals surface area (Å²) in [5, 5.41) is 0. The monoisotopic (exact) mass is 312 g/mol. The first-order valence-electron chi connectivity index (χ1n) is 10.3. The van der Waals surface area contributed by atoms with Gasteiger partial charge in [0.05, 0.1) is 5.76 Å². The van der Waals surface area contributed by atoms with Crippen LogP contribution in [0.2, 0.25) is 0 Å². The first kappa shape index (κ1) is 14.6. The van der Waals surface area contributed by atoms with Crippen molar-refractivity contribution in [1.29, 1.82) is 0 Å². The van der Waals surface area contributed by atoms with Crippen molar-refractivity contribution in [1.82, 2.24) is 0 Å². The Balaban J connectivity index is 1.60. The third-order valence-electron chi connectivity index (χ3n) is 8.14. The third kappa shape index (κ3) is 2.11. The van der Waals surface area contributed by atoms with E-state index in [1.54, 1.807) is 11.1 Å². The number of hydrogen-bond donors (Lipinski definition) is 0. The highest BCUT2D eigenvalue weighted by atomic mass is 16.5. The summed E-state index contributed by atoms with van der Waals surface area (Å²) in [4.78, 5) is 0. The highest BCUT2D eigenvalue weighted by Gasteiger charge is 2.57. The molecule has 0 N–H and O–H groups in total. The molecule has 7 atom stereocenters. The average molecular weight is 312 g/mol. The smallest absolute Gasteiger partial charge is 0.123 e. The van der Waals surface area contributed by atoms with E-state index in [4.69, 9.17) is 4.74 Å². The van der Waals surface area contributed by atoms with Crippen molar-refractivity contribution in [2.45, 2.75) is 77.7 Å². The Labute approximate surface area is 141 Å². The van der Waals surface area contributed by atoms with Gasteiger partial charge in [0.15, 0.2) is 0 Å². The van der Waals surface area contributed by atoms with Crippen molar-refractivity contribution in [3.8, 4) is 0 Å². The molecule has 5 rings (SSSR count). The quantitative estimate of drug-likeness (QED) is 0.543. The molecule has 1 aliphatic heterocycles. The topological polar surface area (TPSA) is 9.23 Å². The molecule has 1 heterocycles. The maximum Gasteiger partial charge on any atom is 0.123 e. The highest BCUT2D eigenvalue weighted by Crippen LogP contribution is 2.63. The standard InChI is InChI=1S/C22H32O/c1-13-11-14(2)23-22-18-10-6-5-9-17(18)21-16-8-4-3-7-15(16)12-19(21)20(13)22/h11,15-19,21-22H,3-10,12H2,1-2H3. The molecule has 126 valence electrons. The number of allylic oxidation sites excluding steroid dienone is 3. The molecule has 0 aromatic carbocycles. The van der Waals surface area contributed by atoms with Gasteiger partial charge in [-0.3, -0.25) is 0 Å². The molecule has 4 aliphatic carbocycles. The minimum Gasteiger partial charge on any atom is -0.490 e. The van der Waals surface area contributed by atoms with Gasteiger partial charge >= 0.3 is 0 Å². The Morgan fingerprint density at radius 1 is 0.870 bits per heavy atom. The zero-order valence-electron chi connectivity index (χ0n) is 14.9. The van der Waals surface area contributed by atoms with E-state index in [9.17, 15) is 0 Å². The molecular weight excluding hydrogens is 280 g/mol. The maximum absolute atomic E-state index is 6.49. The van der Waals surface area contributed by atoms with Crippen molar-refractivity contribution >= 4 is 0 Å². The lowest BCUT2D eigenvalue weighted by molar-refractivity contribution is -0.0349. The maximum atomic E-state index is 6.49. The van der Waals surface area contributed by atoms with Crippen molar-refractivity contribution in [3.05, 3.63) is 23.0 Å². The Hall–Kier alpha value is -0.720. The summed E-state index contributed by atoms with van der Waals surface area (Å²) >= 11 is 0. The zero-order valence-corrected chi connectivity index (χ0v) is 14.9. The largest absolute Gasteiger partial charge is 0.490 e. The van der Waals surface area contributed by atoms with Gasteiger partial charge in [-0.15, -0.1) is 0 Å². The van der Waals surface area contributed by atoms with E-state index in [1.807, 2.05) is 0 Å². The molecular formula is C22H32O. The summed E-state index contributed by atoms with van der Waals surface area (Å²) in [6.07, 6.45) is 16.1. The predicted octanol–water partition coefficient (Wildman–Crippen LogP) is 5.87. The van der Waals surface area contributed by atoms with Crippen LogP contribution in [0.15, 0.2) is 23.0 Å². The molecule has 0 spiro atoms. The van der Waals surface area contributed by atoms with Gasteiger partial charge in [-0.05, 0) is 86.3 Å². The van der Waals surface area contributed by atoms with Gasteiger partial charge in [0.1, 0.15) is 6.10 Å². The summed E-state index contributed by atoms with van der Waals surface area (Å²) < 4.78 is 6.49. The van der Waals surface area contributed by atoms with E-state index in [0.29, 0.717) is 6.10 Å². The summed E-state index contributed by atoms with van der Waals surface area (Å²) in [5.41, 5.74) is 3.31. The predicted molar refractivity (Wildman–Crippen MR) is 93.8 cm³/mol. The molecule has 0 bridgehead atoms. The number of hydrogen-bond acceptors (Lipinski definition) is 1. The lowest BCUT2D eigenvalue weighted by Crippen LogP contribution is -2.48. The second kappa shape index (κ2) is 5.39. The Bertz CT molecular complexity index is 556. The van der Waals surface area contributed by atoms with Crippen molar-refractivity contribution in [2.75, 3.05) is 0 Å². The average Bonchev–Trinajstić information content (AvgIpc) is 2.93. The van der Waals surface area contributed by atoms with Crippen molar-refractivity contribution < 1.29 is 4.74 Å². The number of ether oxygens (including phenoxy) is 1. The van der Waals surface area contributed by atoms with Gasteiger partial charge in [0, 0.05) is 5.92 Å². The molecule has 0 amide bonds. The molecule has 0 aromatic rings. The van der Waals surface area contributed by atoms with Gasteiger partial charge in [0.25, 0.3) is 0 Å². The van der Waals surface area contributed by atoms with E-state index < -0.39 is 0 Å². The van der Waals surface area contributed by atoms with E-state index in [0.717, 1.165) is 41.3 Å². The zero-order chi connectivity index (χ0) is 15.6. The summed E-state index contributed by atoms with van der Waals surface area (Å²) in [6.45, 7) is 4.54. The Morgan fingerprint density at radius 3 is 2.39 bits per heavy atom. The molecule has 1 heteroatoms. The SMILES string of the molecule is CC1=CC(C)=C2C3CC4CCCCC4C3C3CCCCC3C2O1. The Morgan fingerprint density at radius 2 is 1.57 bits per heavy atom. The molecule has 23 heavy (non-hydrogen) atoms. The van der Waals surface area contributed by atoms with Crippen LogP contribution in [0.1, 0.15) is 71.6 Å². The molecule has 7 unspecified atom stereocenters. The van der Waals surface area contributed by atoms with Crippen LogP contribution in [0, 0.1) is 35.5 Å². The van der Waals surface area contributed by atoms with E-state index >= 15 is 0 Å². The fraction of sp³-hybridized carbons (Fsp3) is 0.818. The van der Waals surface area contributed by atoms with Gasteiger partial charge in [-0.2, -0.15) is 0 Å². The third-order valence-corrected chi connectivity index (χ3v) is 8.14. The fourth-order valence-electron chi connectivity index (χ4n) is 7.54. The highest BCUT2D eigenvalue weighted by molar-refractivity contribution is 5.37. The van der Waals surface area contributed by atoms with E-state index in [1.165, 1.54) is 57.8 Å². The molecule has 1 nitrogen and oxygen atoms in total. The molecule has 4 saturated carbocycles.